The second-order valence-corrected chi connectivity index (χ2v) is 4.69. The van der Waals surface area contributed by atoms with Gasteiger partial charge in [-0.05, 0) is 18.1 Å². The topological polar surface area (TPSA) is 101 Å². The monoisotopic (exact) mass is 272 g/mol. The molecule has 6 nitrogen and oxygen atoms in total. The number of hydrogen-bond donors (Lipinski definition) is 3. The summed E-state index contributed by atoms with van der Waals surface area (Å²) >= 11 is 0. The Balaban J connectivity index is 1.79. The fourth-order valence-corrected chi connectivity index (χ4v) is 2.24. The van der Waals surface area contributed by atoms with E-state index in [1.807, 2.05) is 24.4 Å². The highest BCUT2D eigenvalue weighted by Crippen LogP contribution is 2.22. The molecule has 20 heavy (non-hydrogen) atoms. The zero-order valence-corrected chi connectivity index (χ0v) is 10.9. The molecule has 0 fully saturated rings. The normalized spacial score (nSPS) is 12.9. The number of aliphatic hydroxyl groups excluding tert-OH is 1. The van der Waals surface area contributed by atoms with Crippen LogP contribution in [0.25, 0.3) is 10.9 Å². The molecule has 0 amide bonds. The van der Waals surface area contributed by atoms with Crippen LogP contribution in [0.15, 0.2) is 35.0 Å². The maximum atomic E-state index is 8.84. The first-order valence-electron chi connectivity index (χ1n) is 6.52. The maximum absolute atomic E-state index is 8.84. The molecule has 104 valence electrons. The molecule has 1 atom stereocenters. The van der Waals surface area contributed by atoms with Crippen LogP contribution in [0.4, 0.5) is 0 Å². The van der Waals surface area contributed by atoms with Crippen molar-refractivity contribution < 1.29 is 9.63 Å². The molecule has 0 bridgehead atoms. The molecule has 3 rings (SSSR count). The minimum atomic E-state index is -0.353. The van der Waals surface area contributed by atoms with E-state index >= 15 is 0 Å². The number of nitrogens with zero attached hydrogens (tertiary/aromatic N) is 2. The molecule has 0 aliphatic heterocycles. The van der Waals surface area contributed by atoms with Gasteiger partial charge in [0.2, 0.25) is 5.89 Å². The molecular formula is C14H16N4O2. The summed E-state index contributed by atoms with van der Waals surface area (Å²) in [6.07, 6.45) is 2.95. The van der Waals surface area contributed by atoms with E-state index in [2.05, 4.69) is 21.2 Å². The molecule has 0 aliphatic carbocycles. The highest BCUT2D eigenvalue weighted by atomic mass is 16.5. The van der Waals surface area contributed by atoms with E-state index < -0.39 is 0 Å². The van der Waals surface area contributed by atoms with Crippen LogP contribution < -0.4 is 5.73 Å². The third kappa shape index (κ3) is 2.43. The SMILES string of the molecule is N[C@@H](Cc1c[nH]c2ccccc12)c1nc(CCO)no1. The maximum Gasteiger partial charge on any atom is 0.243 e. The van der Waals surface area contributed by atoms with Crippen LogP contribution in [0.5, 0.6) is 0 Å². The number of hydrogen-bond acceptors (Lipinski definition) is 5. The van der Waals surface area contributed by atoms with Crippen LogP contribution in [0, 0.1) is 0 Å². The van der Waals surface area contributed by atoms with Gasteiger partial charge in [0.15, 0.2) is 5.82 Å². The molecule has 1 aromatic carbocycles. The van der Waals surface area contributed by atoms with Gasteiger partial charge in [-0.2, -0.15) is 4.98 Å². The molecule has 0 unspecified atom stereocenters. The Kier molecular flexibility index (Phi) is 3.49. The predicted octanol–water partition coefficient (Wildman–Crippen LogP) is 1.33. The predicted molar refractivity (Wildman–Crippen MR) is 74.0 cm³/mol. The van der Waals surface area contributed by atoms with Crippen molar-refractivity contribution >= 4 is 10.9 Å². The Morgan fingerprint density at radius 2 is 2.20 bits per heavy atom. The first-order valence-corrected chi connectivity index (χ1v) is 6.52. The van der Waals surface area contributed by atoms with Gasteiger partial charge in [0.1, 0.15) is 0 Å². The summed E-state index contributed by atoms with van der Waals surface area (Å²) in [6.45, 7) is -0.00331. The number of para-hydroxylation sites is 1. The fraction of sp³-hybridized carbons (Fsp3) is 0.286. The average Bonchev–Trinajstić information content (AvgIpc) is 3.07. The number of aromatic nitrogens is 3. The fourth-order valence-electron chi connectivity index (χ4n) is 2.24. The van der Waals surface area contributed by atoms with E-state index in [1.54, 1.807) is 0 Å². The molecule has 4 N–H and O–H groups in total. The Bertz CT molecular complexity index is 704. The summed E-state index contributed by atoms with van der Waals surface area (Å²) < 4.78 is 5.13. The lowest BCUT2D eigenvalue weighted by molar-refractivity contribution is 0.292. The molecule has 0 spiro atoms. The molecule has 0 aliphatic rings. The highest BCUT2D eigenvalue weighted by molar-refractivity contribution is 5.83. The van der Waals surface area contributed by atoms with Crippen molar-refractivity contribution in [2.45, 2.75) is 18.9 Å². The van der Waals surface area contributed by atoms with Crippen molar-refractivity contribution in [3.05, 3.63) is 47.7 Å². The molecule has 3 aromatic rings. The molecule has 2 heterocycles. The first-order chi connectivity index (χ1) is 9.78. The first kappa shape index (κ1) is 12.8. The summed E-state index contributed by atoms with van der Waals surface area (Å²) in [5.41, 5.74) is 8.32. The number of nitrogens with one attached hydrogen (secondary N) is 1. The number of H-pyrrole nitrogens is 1. The molecule has 2 aromatic heterocycles. The molecule has 0 radical (unpaired) electrons. The Labute approximate surface area is 115 Å². The van der Waals surface area contributed by atoms with Crippen LogP contribution in [0.3, 0.4) is 0 Å². The number of benzene rings is 1. The molecule has 0 saturated carbocycles. The number of fused-ring (bicyclic) bond motifs is 1. The quantitative estimate of drug-likeness (QED) is 0.650. The Morgan fingerprint density at radius 1 is 1.35 bits per heavy atom. The van der Waals surface area contributed by atoms with E-state index in [1.165, 1.54) is 0 Å². The summed E-state index contributed by atoms with van der Waals surface area (Å²) in [7, 11) is 0. The van der Waals surface area contributed by atoms with Crippen LogP contribution in [0.1, 0.15) is 23.3 Å². The van der Waals surface area contributed by atoms with Crippen molar-refractivity contribution in [1.29, 1.82) is 0 Å². The largest absolute Gasteiger partial charge is 0.396 e. The standard InChI is InChI=1S/C14H16N4O2/c15-11(14-17-13(5-6-19)18-20-14)7-9-8-16-12-4-2-1-3-10(9)12/h1-4,8,11,16,19H,5-7,15H2/t11-/m0/s1. The Morgan fingerprint density at radius 3 is 3.05 bits per heavy atom. The lowest BCUT2D eigenvalue weighted by Gasteiger charge is -2.05. The van der Waals surface area contributed by atoms with E-state index in [0.717, 1.165) is 16.5 Å². The van der Waals surface area contributed by atoms with Crippen LogP contribution >= 0.6 is 0 Å². The third-order valence-electron chi connectivity index (χ3n) is 3.25. The van der Waals surface area contributed by atoms with Gasteiger partial charge in [-0.15, -0.1) is 0 Å². The smallest absolute Gasteiger partial charge is 0.243 e. The van der Waals surface area contributed by atoms with E-state index in [-0.39, 0.29) is 12.6 Å². The summed E-state index contributed by atoms with van der Waals surface area (Å²) in [6, 6.07) is 7.71. The minimum Gasteiger partial charge on any atom is -0.396 e. The van der Waals surface area contributed by atoms with Gasteiger partial charge in [-0.3, -0.25) is 0 Å². The van der Waals surface area contributed by atoms with Gasteiger partial charge in [0, 0.05) is 23.5 Å². The van der Waals surface area contributed by atoms with Crippen LogP contribution in [-0.4, -0.2) is 26.8 Å². The van der Waals surface area contributed by atoms with Crippen molar-refractivity contribution in [2.75, 3.05) is 6.61 Å². The van der Waals surface area contributed by atoms with Gasteiger partial charge in [-0.1, -0.05) is 23.4 Å². The summed E-state index contributed by atoms with van der Waals surface area (Å²) in [5.74, 6) is 0.885. The van der Waals surface area contributed by atoms with Crippen molar-refractivity contribution in [3.63, 3.8) is 0 Å². The lowest BCUT2D eigenvalue weighted by atomic mass is 10.1. The Hall–Kier alpha value is -2.18. The van der Waals surface area contributed by atoms with Crippen LogP contribution in [0.2, 0.25) is 0 Å². The van der Waals surface area contributed by atoms with E-state index in [9.17, 15) is 0 Å². The van der Waals surface area contributed by atoms with E-state index in [0.29, 0.717) is 24.6 Å². The van der Waals surface area contributed by atoms with Gasteiger partial charge in [0.05, 0.1) is 12.6 Å². The van der Waals surface area contributed by atoms with Gasteiger partial charge < -0.3 is 20.3 Å². The molecule has 6 heteroatoms. The highest BCUT2D eigenvalue weighted by Gasteiger charge is 2.16. The third-order valence-corrected chi connectivity index (χ3v) is 3.25. The number of aromatic amines is 1. The number of rotatable bonds is 5. The minimum absolute atomic E-state index is 0.00331. The van der Waals surface area contributed by atoms with Crippen LogP contribution in [-0.2, 0) is 12.8 Å². The van der Waals surface area contributed by atoms with Gasteiger partial charge in [0.25, 0.3) is 0 Å². The zero-order chi connectivity index (χ0) is 13.9. The van der Waals surface area contributed by atoms with Gasteiger partial charge in [-0.25, -0.2) is 0 Å². The lowest BCUT2D eigenvalue weighted by Crippen LogP contribution is -2.13. The van der Waals surface area contributed by atoms with Gasteiger partial charge >= 0.3 is 0 Å². The second kappa shape index (κ2) is 5.44. The number of aliphatic hydroxyl groups is 1. The number of nitrogens with two attached hydrogens (primary N) is 1. The van der Waals surface area contributed by atoms with Crippen molar-refractivity contribution in [3.8, 4) is 0 Å². The van der Waals surface area contributed by atoms with Crippen molar-refractivity contribution in [1.82, 2.24) is 15.1 Å². The summed E-state index contributed by atoms with van der Waals surface area (Å²) in [5, 5.41) is 13.8. The van der Waals surface area contributed by atoms with Crippen molar-refractivity contribution in [2.24, 2.45) is 5.73 Å². The summed E-state index contributed by atoms with van der Waals surface area (Å²) in [4.78, 5) is 7.40. The molecule has 0 saturated heterocycles. The van der Waals surface area contributed by atoms with E-state index in [4.69, 9.17) is 15.4 Å². The molecular weight excluding hydrogens is 256 g/mol. The zero-order valence-electron chi connectivity index (χ0n) is 10.9. The average molecular weight is 272 g/mol. The second-order valence-electron chi connectivity index (χ2n) is 4.69.